The number of aliphatic hydroxyl groups is 1. The van der Waals surface area contributed by atoms with Crippen molar-refractivity contribution in [3.63, 3.8) is 0 Å². The van der Waals surface area contributed by atoms with Crippen molar-refractivity contribution in [2.24, 2.45) is 5.92 Å². The van der Waals surface area contributed by atoms with Gasteiger partial charge in [0.05, 0.1) is 11.3 Å². The summed E-state index contributed by atoms with van der Waals surface area (Å²) in [6.07, 6.45) is 4.58. The molecule has 0 bridgehead atoms. The lowest BCUT2D eigenvalue weighted by Gasteiger charge is -2.47. The summed E-state index contributed by atoms with van der Waals surface area (Å²) < 4.78 is 1.24. The van der Waals surface area contributed by atoms with E-state index in [2.05, 4.69) is 5.10 Å². The number of carbonyl (C=O) groups excluding carboxylic acids is 1. The standard InChI is InChI=1S/C21H25N3O3/c25-19-10-9-18(16-6-2-1-3-7-16)22-24(19)15-20(26)23-13-12-21(27)11-5-4-8-17(21)14-23/h1-3,6-7,9-10,17,27H,4-5,8,11-15H2/t17-,21+/m0/s1. The Morgan fingerprint density at radius 1 is 1.15 bits per heavy atom. The Hall–Kier alpha value is -2.47. The van der Waals surface area contributed by atoms with Gasteiger partial charge in [-0.1, -0.05) is 43.2 Å². The fourth-order valence-electron chi connectivity index (χ4n) is 4.35. The number of hydrogen-bond donors (Lipinski definition) is 1. The van der Waals surface area contributed by atoms with Crippen LogP contribution in [0.2, 0.25) is 0 Å². The molecule has 2 fully saturated rings. The van der Waals surface area contributed by atoms with Gasteiger partial charge in [-0.25, -0.2) is 4.68 Å². The Kier molecular flexibility index (Phi) is 4.83. The van der Waals surface area contributed by atoms with Gasteiger partial charge in [0, 0.05) is 30.6 Å². The summed E-state index contributed by atoms with van der Waals surface area (Å²) in [4.78, 5) is 26.8. The van der Waals surface area contributed by atoms with Gasteiger partial charge in [-0.3, -0.25) is 9.59 Å². The number of likely N-dealkylation sites (tertiary alicyclic amines) is 1. The van der Waals surface area contributed by atoms with Gasteiger partial charge < -0.3 is 10.0 Å². The van der Waals surface area contributed by atoms with Gasteiger partial charge in [0.1, 0.15) is 6.54 Å². The minimum Gasteiger partial charge on any atom is -0.389 e. The second-order valence-corrected chi connectivity index (χ2v) is 7.72. The smallest absolute Gasteiger partial charge is 0.267 e. The summed E-state index contributed by atoms with van der Waals surface area (Å²) in [5.74, 6) is 0.0340. The molecule has 2 aliphatic rings. The third-order valence-corrected chi connectivity index (χ3v) is 6.00. The highest BCUT2D eigenvalue weighted by atomic mass is 16.3. The number of fused-ring (bicyclic) bond motifs is 1. The number of nitrogens with zero attached hydrogens (tertiary/aromatic N) is 3. The van der Waals surface area contributed by atoms with E-state index < -0.39 is 5.60 Å². The Balaban J connectivity index is 1.49. The Morgan fingerprint density at radius 3 is 2.78 bits per heavy atom. The van der Waals surface area contributed by atoms with E-state index >= 15 is 0 Å². The molecule has 27 heavy (non-hydrogen) atoms. The largest absolute Gasteiger partial charge is 0.389 e. The average Bonchev–Trinajstić information content (AvgIpc) is 2.69. The number of amides is 1. The molecule has 2 atom stereocenters. The summed E-state index contributed by atoms with van der Waals surface area (Å²) in [7, 11) is 0. The predicted octanol–water partition coefficient (Wildman–Crippen LogP) is 2.06. The fraction of sp³-hybridized carbons (Fsp3) is 0.476. The van der Waals surface area contributed by atoms with E-state index in [1.54, 1.807) is 11.0 Å². The van der Waals surface area contributed by atoms with Crippen LogP contribution in [-0.2, 0) is 11.3 Å². The molecule has 2 heterocycles. The highest BCUT2D eigenvalue weighted by molar-refractivity contribution is 5.76. The lowest BCUT2D eigenvalue weighted by Crippen LogP contribution is -2.55. The third kappa shape index (κ3) is 3.67. The number of hydrogen-bond acceptors (Lipinski definition) is 4. The van der Waals surface area contributed by atoms with Gasteiger partial charge in [-0.2, -0.15) is 5.10 Å². The van der Waals surface area contributed by atoms with Crippen molar-refractivity contribution >= 4 is 5.91 Å². The summed E-state index contributed by atoms with van der Waals surface area (Å²) in [5.41, 5.74) is 0.679. The average molecular weight is 367 g/mol. The van der Waals surface area contributed by atoms with Crippen LogP contribution in [0.3, 0.4) is 0 Å². The molecule has 1 aliphatic carbocycles. The minimum atomic E-state index is -0.614. The van der Waals surface area contributed by atoms with E-state index in [0.29, 0.717) is 25.2 Å². The van der Waals surface area contributed by atoms with Crippen LogP contribution in [0, 0.1) is 5.92 Å². The molecule has 1 saturated heterocycles. The zero-order chi connectivity index (χ0) is 18.9. The maximum Gasteiger partial charge on any atom is 0.267 e. The molecule has 1 N–H and O–H groups in total. The maximum absolute atomic E-state index is 12.8. The third-order valence-electron chi connectivity index (χ3n) is 6.00. The van der Waals surface area contributed by atoms with Crippen molar-refractivity contribution in [3.8, 4) is 11.3 Å². The molecule has 2 aromatic rings. The quantitative estimate of drug-likeness (QED) is 0.901. The topological polar surface area (TPSA) is 75.4 Å². The normalized spacial score (nSPS) is 25.1. The number of piperidine rings is 1. The fourth-order valence-corrected chi connectivity index (χ4v) is 4.35. The molecule has 6 heteroatoms. The number of rotatable bonds is 3. The molecule has 142 valence electrons. The number of benzene rings is 1. The monoisotopic (exact) mass is 367 g/mol. The van der Waals surface area contributed by atoms with Crippen molar-refractivity contribution in [3.05, 3.63) is 52.8 Å². The van der Waals surface area contributed by atoms with E-state index in [4.69, 9.17) is 0 Å². The molecule has 1 amide bonds. The molecule has 4 rings (SSSR count). The molecule has 0 unspecified atom stereocenters. The Labute approximate surface area is 158 Å². The van der Waals surface area contributed by atoms with E-state index in [1.165, 1.54) is 10.7 Å². The van der Waals surface area contributed by atoms with E-state index in [-0.39, 0.29) is 23.9 Å². The van der Waals surface area contributed by atoms with Crippen LogP contribution in [0.4, 0.5) is 0 Å². The van der Waals surface area contributed by atoms with Crippen molar-refractivity contribution in [2.75, 3.05) is 13.1 Å². The van der Waals surface area contributed by atoms with Crippen LogP contribution in [0.25, 0.3) is 11.3 Å². The van der Waals surface area contributed by atoms with Gasteiger partial charge in [-0.05, 0) is 25.3 Å². The zero-order valence-electron chi connectivity index (χ0n) is 15.4. The van der Waals surface area contributed by atoms with Gasteiger partial charge in [0.2, 0.25) is 5.91 Å². The molecule has 0 spiro atoms. The second-order valence-electron chi connectivity index (χ2n) is 7.72. The first-order chi connectivity index (χ1) is 13.0. The maximum atomic E-state index is 12.8. The minimum absolute atomic E-state index is 0.0648. The lowest BCUT2D eigenvalue weighted by atomic mass is 9.71. The van der Waals surface area contributed by atoms with E-state index in [0.717, 1.165) is 31.2 Å². The molecular weight excluding hydrogens is 342 g/mol. The summed E-state index contributed by atoms with van der Waals surface area (Å²) in [6.45, 7) is 1.05. The first kappa shape index (κ1) is 17.9. The molecule has 1 aromatic heterocycles. The van der Waals surface area contributed by atoms with Crippen molar-refractivity contribution in [2.45, 2.75) is 44.2 Å². The first-order valence-electron chi connectivity index (χ1n) is 9.69. The second kappa shape index (κ2) is 7.27. The van der Waals surface area contributed by atoms with E-state index in [1.807, 2.05) is 30.3 Å². The summed E-state index contributed by atoms with van der Waals surface area (Å²) in [6, 6.07) is 12.7. The van der Waals surface area contributed by atoms with Gasteiger partial charge >= 0.3 is 0 Å². The highest BCUT2D eigenvalue weighted by Gasteiger charge is 2.43. The van der Waals surface area contributed by atoms with Crippen LogP contribution in [0.15, 0.2) is 47.3 Å². The van der Waals surface area contributed by atoms with Gasteiger partial charge in [0.25, 0.3) is 5.56 Å². The number of aromatic nitrogens is 2. The van der Waals surface area contributed by atoms with Crippen LogP contribution in [0.1, 0.15) is 32.1 Å². The lowest BCUT2D eigenvalue weighted by molar-refractivity contribution is -0.144. The van der Waals surface area contributed by atoms with E-state index in [9.17, 15) is 14.7 Å². The molecule has 0 radical (unpaired) electrons. The van der Waals surface area contributed by atoms with Gasteiger partial charge in [0.15, 0.2) is 0 Å². The highest BCUT2D eigenvalue weighted by Crippen LogP contribution is 2.39. The summed E-state index contributed by atoms with van der Waals surface area (Å²) in [5, 5.41) is 15.2. The van der Waals surface area contributed by atoms with Crippen molar-refractivity contribution < 1.29 is 9.90 Å². The van der Waals surface area contributed by atoms with Crippen LogP contribution >= 0.6 is 0 Å². The molecular formula is C21H25N3O3. The first-order valence-corrected chi connectivity index (χ1v) is 9.69. The number of carbonyl (C=O) groups is 1. The SMILES string of the molecule is O=C(Cn1nc(-c2ccccc2)ccc1=O)N1CC[C@]2(O)CCCC[C@H]2C1. The molecule has 1 aliphatic heterocycles. The summed E-state index contributed by atoms with van der Waals surface area (Å²) >= 11 is 0. The molecule has 1 aromatic carbocycles. The van der Waals surface area contributed by atoms with Crippen LogP contribution in [-0.4, -0.2) is 44.4 Å². The van der Waals surface area contributed by atoms with Crippen LogP contribution < -0.4 is 5.56 Å². The van der Waals surface area contributed by atoms with Crippen molar-refractivity contribution in [1.82, 2.24) is 14.7 Å². The van der Waals surface area contributed by atoms with Gasteiger partial charge in [-0.15, -0.1) is 0 Å². The van der Waals surface area contributed by atoms with Crippen LogP contribution in [0.5, 0.6) is 0 Å². The molecule has 1 saturated carbocycles. The predicted molar refractivity (Wildman–Crippen MR) is 102 cm³/mol. The van der Waals surface area contributed by atoms with Crippen molar-refractivity contribution in [1.29, 1.82) is 0 Å². The molecule has 6 nitrogen and oxygen atoms in total. The Morgan fingerprint density at radius 2 is 1.96 bits per heavy atom. The zero-order valence-corrected chi connectivity index (χ0v) is 15.4. The Bertz CT molecular complexity index is 880.